The summed E-state index contributed by atoms with van der Waals surface area (Å²) in [5.41, 5.74) is 1.83. The second-order valence-electron chi connectivity index (χ2n) is 6.97. The van der Waals surface area contributed by atoms with E-state index in [1.807, 2.05) is 31.2 Å². The van der Waals surface area contributed by atoms with Crippen LogP contribution in [-0.2, 0) is 14.3 Å². The molecular weight excluding hydrogens is 318 g/mol. The van der Waals surface area contributed by atoms with Crippen molar-refractivity contribution in [1.29, 1.82) is 0 Å². The summed E-state index contributed by atoms with van der Waals surface area (Å²) < 4.78 is 5.58. The van der Waals surface area contributed by atoms with Gasteiger partial charge in [0.15, 0.2) is 0 Å². The van der Waals surface area contributed by atoms with Crippen LogP contribution in [0.25, 0.3) is 0 Å². The lowest BCUT2D eigenvalue weighted by Crippen LogP contribution is -2.52. The molecule has 0 radical (unpaired) electrons. The smallest absolute Gasteiger partial charge is 0.233 e. The van der Waals surface area contributed by atoms with Crippen LogP contribution in [0.4, 0.5) is 5.69 Å². The Labute approximate surface area is 148 Å². The van der Waals surface area contributed by atoms with E-state index in [9.17, 15) is 9.59 Å². The maximum absolute atomic E-state index is 12.2. The normalized spacial score (nSPS) is 24.0. The van der Waals surface area contributed by atoms with Gasteiger partial charge >= 0.3 is 0 Å². The molecule has 2 aliphatic heterocycles. The number of piperidine rings is 1. The van der Waals surface area contributed by atoms with Crippen molar-refractivity contribution >= 4 is 17.5 Å². The second-order valence-corrected chi connectivity index (χ2v) is 6.97. The molecule has 0 bridgehead atoms. The summed E-state index contributed by atoms with van der Waals surface area (Å²) >= 11 is 0. The molecule has 1 aromatic carbocycles. The Kier molecular flexibility index (Phi) is 6.04. The monoisotopic (exact) mass is 345 g/mol. The summed E-state index contributed by atoms with van der Waals surface area (Å²) in [6, 6.07) is 7.72. The standard InChI is InChI=1S/C19H27N3O3/c1-14-5-7-15(8-6-14)20-18(23)11-19(24)21-16-12-25-13-17(16)22-9-3-2-4-10-22/h5-8,16-17H,2-4,9-13H2,1H3,(H,20,23)(H,21,24)/t16-,17-/m0/s1. The van der Waals surface area contributed by atoms with Crippen molar-refractivity contribution in [3.05, 3.63) is 29.8 Å². The highest BCUT2D eigenvalue weighted by atomic mass is 16.5. The Morgan fingerprint density at radius 2 is 1.80 bits per heavy atom. The van der Waals surface area contributed by atoms with Crippen molar-refractivity contribution in [1.82, 2.24) is 10.2 Å². The van der Waals surface area contributed by atoms with Crippen molar-refractivity contribution in [3.63, 3.8) is 0 Å². The van der Waals surface area contributed by atoms with Gasteiger partial charge < -0.3 is 15.4 Å². The van der Waals surface area contributed by atoms with Crippen molar-refractivity contribution < 1.29 is 14.3 Å². The number of aryl methyl sites for hydroxylation is 1. The molecule has 136 valence electrons. The van der Waals surface area contributed by atoms with Crippen LogP contribution in [0, 0.1) is 6.92 Å². The lowest BCUT2D eigenvalue weighted by atomic mass is 10.0. The number of anilines is 1. The van der Waals surface area contributed by atoms with Crippen LogP contribution >= 0.6 is 0 Å². The van der Waals surface area contributed by atoms with Crippen LogP contribution in [-0.4, -0.2) is 55.1 Å². The van der Waals surface area contributed by atoms with Gasteiger partial charge in [-0.1, -0.05) is 24.1 Å². The SMILES string of the molecule is Cc1ccc(NC(=O)CC(=O)N[C@H]2COC[C@@H]2N2CCCCC2)cc1. The first-order valence-electron chi connectivity index (χ1n) is 9.09. The largest absolute Gasteiger partial charge is 0.378 e. The molecule has 1 aromatic rings. The predicted octanol–water partition coefficient (Wildman–Crippen LogP) is 1.69. The number of rotatable bonds is 5. The second kappa shape index (κ2) is 8.45. The van der Waals surface area contributed by atoms with Crippen LogP contribution in [0.1, 0.15) is 31.2 Å². The molecule has 6 heteroatoms. The van der Waals surface area contributed by atoms with Gasteiger partial charge in [0, 0.05) is 5.69 Å². The summed E-state index contributed by atoms with van der Waals surface area (Å²) in [4.78, 5) is 26.7. The maximum Gasteiger partial charge on any atom is 0.233 e. The summed E-state index contributed by atoms with van der Waals surface area (Å²) in [7, 11) is 0. The Balaban J connectivity index is 1.47. The van der Waals surface area contributed by atoms with Crippen molar-refractivity contribution in [2.75, 3.05) is 31.6 Å². The molecule has 2 amide bonds. The third-order valence-corrected chi connectivity index (χ3v) is 4.91. The van der Waals surface area contributed by atoms with Gasteiger partial charge in [0.25, 0.3) is 0 Å². The molecule has 0 saturated carbocycles. The lowest BCUT2D eigenvalue weighted by Gasteiger charge is -2.34. The fourth-order valence-electron chi connectivity index (χ4n) is 3.54. The molecule has 2 heterocycles. The average molecular weight is 345 g/mol. The van der Waals surface area contributed by atoms with Gasteiger partial charge in [-0.05, 0) is 45.0 Å². The van der Waals surface area contributed by atoms with Crippen LogP contribution in [0.2, 0.25) is 0 Å². The first kappa shape index (κ1) is 17.9. The Morgan fingerprint density at radius 3 is 2.52 bits per heavy atom. The summed E-state index contributed by atoms with van der Waals surface area (Å²) in [5, 5.41) is 5.74. The summed E-state index contributed by atoms with van der Waals surface area (Å²) in [6.07, 6.45) is 3.52. The van der Waals surface area contributed by atoms with E-state index in [0.29, 0.717) is 18.9 Å². The van der Waals surface area contributed by atoms with E-state index in [-0.39, 0.29) is 30.3 Å². The number of ether oxygens (including phenoxy) is 1. The first-order chi connectivity index (χ1) is 12.1. The third-order valence-electron chi connectivity index (χ3n) is 4.91. The van der Waals surface area contributed by atoms with E-state index in [1.165, 1.54) is 19.3 Å². The van der Waals surface area contributed by atoms with Gasteiger partial charge in [-0.25, -0.2) is 0 Å². The van der Waals surface area contributed by atoms with E-state index in [2.05, 4.69) is 15.5 Å². The molecule has 0 aromatic heterocycles. The molecule has 2 N–H and O–H groups in total. The highest BCUT2D eigenvalue weighted by Crippen LogP contribution is 2.19. The Morgan fingerprint density at radius 1 is 1.08 bits per heavy atom. The van der Waals surface area contributed by atoms with E-state index in [4.69, 9.17) is 4.74 Å². The molecule has 3 rings (SSSR count). The third kappa shape index (κ3) is 5.03. The highest BCUT2D eigenvalue weighted by molar-refractivity contribution is 6.03. The fourth-order valence-corrected chi connectivity index (χ4v) is 3.54. The molecule has 0 unspecified atom stereocenters. The number of carbonyl (C=O) groups excluding carboxylic acids is 2. The van der Waals surface area contributed by atoms with Gasteiger partial charge in [0.1, 0.15) is 6.42 Å². The summed E-state index contributed by atoms with van der Waals surface area (Å²) in [5.74, 6) is -0.545. The zero-order valence-corrected chi connectivity index (χ0v) is 14.8. The minimum absolute atomic E-state index is 0.0298. The topological polar surface area (TPSA) is 70.7 Å². The molecule has 2 fully saturated rings. The van der Waals surface area contributed by atoms with Crippen molar-refractivity contribution in [3.8, 4) is 0 Å². The number of hydrogen-bond acceptors (Lipinski definition) is 4. The van der Waals surface area contributed by atoms with Gasteiger partial charge in [-0.15, -0.1) is 0 Å². The number of likely N-dealkylation sites (tertiary alicyclic amines) is 1. The van der Waals surface area contributed by atoms with E-state index in [0.717, 1.165) is 18.7 Å². The molecule has 2 aliphatic rings. The van der Waals surface area contributed by atoms with Crippen LogP contribution in [0.5, 0.6) is 0 Å². The molecule has 2 saturated heterocycles. The summed E-state index contributed by atoms with van der Waals surface area (Å²) in [6.45, 7) is 5.29. The van der Waals surface area contributed by atoms with Crippen LogP contribution in [0.3, 0.4) is 0 Å². The molecule has 25 heavy (non-hydrogen) atoms. The maximum atomic E-state index is 12.2. The van der Waals surface area contributed by atoms with E-state index < -0.39 is 0 Å². The fraction of sp³-hybridized carbons (Fsp3) is 0.579. The lowest BCUT2D eigenvalue weighted by molar-refractivity contribution is -0.127. The molecular formula is C19H27N3O3. The quantitative estimate of drug-likeness (QED) is 0.797. The number of hydrogen-bond donors (Lipinski definition) is 2. The number of carbonyl (C=O) groups is 2. The zero-order chi connectivity index (χ0) is 17.6. The number of amides is 2. The van der Waals surface area contributed by atoms with Crippen molar-refractivity contribution in [2.45, 2.75) is 44.7 Å². The van der Waals surface area contributed by atoms with Crippen LogP contribution < -0.4 is 10.6 Å². The number of benzene rings is 1. The molecule has 0 aliphatic carbocycles. The molecule has 2 atom stereocenters. The highest BCUT2D eigenvalue weighted by Gasteiger charge is 2.34. The van der Waals surface area contributed by atoms with Gasteiger partial charge in [-0.2, -0.15) is 0 Å². The van der Waals surface area contributed by atoms with Gasteiger partial charge in [0.2, 0.25) is 11.8 Å². The minimum Gasteiger partial charge on any atom is -0.378 e. The average Bonchev–Trinajstić information content (AvgIpc) is 3.05. The van der Waals surface area contributed by atoms with E-state index in [1.54, 1.807) is 0 Å². The van der Waals surface area contributed by atoms with Gasteiger partial charge in [0.05, 0.1) is 25.3 Å². The Hall–Kier alpha value is -1.92. The molecule has 6 nitrogen and oxygen atoms in total. The first-order valence-corrected chi connectivity index (χ1v) is 9.09. The zero-order valence-electron chi connectivity index (χ0n) is 14.8. The minimum atomic E-state index is -0.296. The van der Waals surface area contributed by atoms with Crippen molar-refractivity contribution in [2.24, 2.45) is 0 Å². The number of nitrogens with one attached hydrogen (secondary N) is 2. The number of nitrogens with zero attached hydrogens (tertiary/aromatic N) is 1. The van der Waals surface area contributed by atoms with E-state index >= 15 is 0 Å². The predicted molar refractivity (Wildman–Crippen MR) is 96.4 cm³/mol. The Bertz CT molecular complexity index is 596. The van der Waals surface area contributed by atoms with Gasteiger partial charge in [-0.3, -0.25) is 14.5 Å². The molecule has 0 spiro atoms. The van der Waals surface area contributed by atoms with Crippen LogP contribution in [0.15, 0.2) is 24.3 Å².